The van der Waals surface area contributed by atoms with E-state index in [0.717, 1.165) is 6.54 Å². The molecule has 0 unspecified atom stereocenters. The second-order valence-electron chi connectivity index (χ2n) is 5.39. The van der Waals surface area contributed by atoms with Crippen molar-refractivity contribution in [3.63, 3.8) is 0 Å². The lowest BCUT2D eigenvalue weighted by Gasteiger charge is -2.36. The molecule has 0 N–H and O–H groups in total. The van der Waals surface area contributed by atoms with Crippen LogP contribution in [-0.4, -0.2) is 42.0 Å². The predicted octanol–water partition coefficient (Wildman–Crippen LogP) is 2.52. The summed E-state index contributed by atoms with van der Waals surface area (Å²) in [6.07, 6.45) is 0. The summed E-state index contributed by atoms with van der Waals surface area (Å²) >= 11 is 0. The minimum atomic E-state index is 0.691. The first-order valence-corrected chi connectivity index (χ1v) is 6.67. The van der Waals surface area contributed by atoms with Gasteiger partial charge in [0.15, 0.2) is 0 Å². The van der Waals surface area contributed by atoms with Crippen LogP contribution in [0.5, 0.6) is 0 Å². The molecule has 1 saturated heterocycles. The van der Waals surface area contributed by atoms with E-state index in [9.17, 15) is 0 Å². The summed E-state index contributed by atoms with van der Waals surface area (Å²) in [5.41, 5.74) is 2.78. The predicted molar refractivity (Wildman–Crippen MR) is 73.2 cm³/mol. The first-order chi connectivity index (χ1) is 8.15. The maximum absolute atomic E-state index is 2.56. The van der Waals surface area contributed by atoms with Gasteiger partial charge in [0.05, 0.1) is 0 Å². The van der Waals surface area contributed by atoms with Crippen LogP contribution in [0, 0.1) is 6.92 Å². The smallest absolute Gasteiger partial charge is 0.0234 e. The number of aryl methyl sites for hydroxylation is 1. The van der Waals surface area contributed by atoms with Gasteiger partial charge in [0.2, 0.25) is 0 Å². The molecule has 0 radical (unpaired) electrons. The van der Waals surface area contributed by atoms with Crippen molar-refractivity contribution in [3.8, 4) is 0 Å². The Balaban J connectivity index is 1.84. The van der Waals surface area contributed by atoms with Gasteiger partial charge < -0.3 is 0 Å². The number of benzene rings is 1. The lowest BCUT2D eigenvalue weighted by Crippen LogP contribution is -2.48. The fourth-order valence-corrected chi connectivity index (χ4v) is 2.39. The molecule has 0 amide bonds. The molecule has 1 aromatic carbocycles. The SMILES string of the molecule is Cc1ccc(CN2CCN(C(C)C)CC2)cc1. The van der Waals surface area contributed by atoms with Crippen molar-refractivity contribution in [1.82, 2.24) is 9.80 Å². The van der Waals surface area contributed by atoms with E-state index in [1.807, 2.05) is 0 Å². The Bertz CT molecular complexity index is 334. The fourth-order valence-electron chi connectivity index (χ4n) is 2.39. The largest absolute Gasteiger partial charge is 0.298 e. The van der Waals surface area contributed by atoms with Crippen LogP contribution >= 0.6 is 0 Å². The monoisotopic (exact) mass is 232 g/mol. The Kier molecular flexibility index (Phi) is 4.19. The Labute approximate surface area is 105 Å². The zero-order valence-corrected chi connectivity index (χ0v) is 11.3. The summed E-state index contributed by atoms with van der Waals surface area (Å²) in [6, 6.07) is 9.62. The third-order valence-corrected chi connectivity index (χ3v) is 3.66. The summed E-state index contributed by atoms with van der Waals surface area (Å²) in [6.45, 7) is 12.6. The van der Waals surface area contributed by atoms with Crippen molar-refractivity contribution < 1.29 is 0 Å². The molecular weight excluding hydrogens is 208 g/mol. The second-order valence-corrected chi connectivity index (χ2v) is 5.39. The Morgan fingerprint density at radius 2 is 1.59 bits per heavy atom. The van der Waals surface area contributed by atoms with Crippen LogP contribution in [0.15, 0.2) is 24.3 Å². The van der Waals surface area contributed by atoms with Gasteiger partial charge in [-0.1, -0.05) is 29.8 Å². The lowest BCUT2D eigenvalue weighted by molar-refractivity contribution is 0.104. The molecule has 0 spiro atoms. The van der Waals surface area contributed by atoms with Crippen molar-refractivity contribution in [3.05, 3.63) is 35.4 Å². The molecule has 0 atom stereocenters. The molecule has 0 bridgehead atoms. The van der Waals surface area contributed by atoms with Crippen LogP contribution in [0.1, 0.15) is 25.0 Å². The van der Waals surface area contributed by atoms with Crippen molar-refractivity contribution in [2.45, 2.75) is 33.4 Å². The third kappa shape index (κ3) is 3.55. The van der Waals surface area contributed by atoms with E-state index in [2.05, 4.69) is 54.8 Å². The molecule has 1 aromatic rings. The van der Waals surface area contributed by atoms with Crippen LogP contribution in [0.2, 0.25) is 0 Å². The normalized spacial score (nSPS) is 18.8. The average molecular weight is 232 g/mol. The molecule has 2 rings (SSSR count). The number of nitrogens with zero attached hydrogens (tertiary/aromatic N) is 2. The summed E-state index contributed by atoms with van der Waals surface area (Å²) in [7, 11) is 0. The van der Waals surface area contributed by atoms with E-state index in [-0.39, 0.29) is 0 Å². The number of rotatable bonds is 3. The van der Waals surface area contributed by atoms with Gasteiger partial charge in [0, 0.05) is 38.8 Å². The summed E-state index contributed by atoms with van der Waals surface area (Å²) in [5.74, 6) is 0. The highest BCUT2D eigenvalue weighted by molar-refractivity contribution is 5.21. The van der Waals surface area contributed by atoms with E-state index in [0.29, 0.717) is 6.04 Å². The maximum atomic E-state index is 2.56. The van der Waals surface area contributed by atoms with Gasteiger partial charge in [0.25, 0.3) is 0 Å². The molecule has 1 fully saturated rings. The van der Waals surface area contributed by atoms with Crippen LogP contribution in [-0.2, 0) is 6.54 Å². The zero-order valence-electron chi connectivity index (χ0n) is 11.3. The number of hydrogen-bond donors (Lipinski definition) is 0. The Morgan fingerprint density at radius 3 is 2.12 bits per heavy atom. The third-order valence-electron chi connectivity index (χ3n) is 3.66. The molecule has 0 aliphatic carbocycles. The van der Waals surface area contributed by atoms with Crippen molar-refractivity contribution in [1.29, 1.82) is 0 Å². The van der Waals surface area contributed by atoms with Gasteiger partial charge >= 0.3 is 0 Å². The van der Waals surface area contributed by atoms with Gasteiger partial charge in [0.1, 0.15) is 0 Å². The van der Waals surface area contributed by atoms with Crippen LogP contribution in [0.3, 0.4) is 0 Å². The van der Waals surface area contributed by atoms with Crippen molar-refractivity contribution in [2.75, 3.05) is 26.2 Å². The minimum absolute atomic E-state index is 0.691. The zero-order chi connectivity index (χ0) is 12.3. The summed E-state index contributed by atoms with van der Waals surface area (Å²) in [4.78, 5) is 5.12. The van der Waals surface area contributed by atoms with Crippen molar-refractivity contribution in [2.24, 2.45) is 0 Å². The minimum Gasteiger partial charge on any atom is -0.298 e. The standard InChI is InChI=1S/C15H24N2/c1-13(2)17-10-8-16(9-11-17)12-15-6-4-14(3)5-7-15/h4-7,13H,8-12H2,1-3H3. The molecule has 1 aliphatic rings. The molecule has 0 saturated carbocycles. The molecule has 2 nitrogen and oxygen atoms in total. The van der Waals surface area contributed by atoms with Crippen LogP contribution in [0.4, 0.5) is 0 Å². The van der Waals surface area contributed by atoms with E-state index < -0.39 is 0 Å². The summed E-state index contributed by atoms with van der Waals surface area (Å²) in [5, 5.41) is 0. The highest BCUT2D eigenvalue weighted by Gasteiger charge is 2.18. The first kappa shape index (κ1) is 12.6. The number of hydrogen-bond acceptors (Lipinski definition) is 2. The van der Waals surface area contributed by atoms with Gasteiger partial charge in [-0.2, -0.15) is 0 Å². The van der Waals surface area contributed by atoms with Gasteiger partial charge in [-0.3, -0.25) is 9.80 Å². The summed E-state index contributed by atoms with van der Waals surface area (Å²) < 4.78 is 0. The van der Waals surface area contributed by atoms with Gasteiger partial charge in [-0.15, -0.1) is 0 Å². The van der Waals surface area contributed by atoms with E-state index in [4.69, 9.17) is 0 Å². The quantitative estimate of drug-likeness (QED) is 0.790. The Hall–Kier alpha value is -0.860. The van der Waals surface area contributed by atoms with Crippen LogP contribution < -0.4 is 0 Å². The first-order valence-electron chi connectivity index (χ1n) is 6.67. The topological polar surface area (TPSA) is 6.48 Å². The van der Waals surface area contributed by atoms with E-state index >= 15 is 0 Å². The molecule has 94 valence electrons. The van der Waals surface area contributed by atoms with Crippen LogP contribution in [0.25, 0.3) is 0 Å². The molecular formula is C15H24N2. The average Bonchev–Trinajstić information content (AvgIpc) is 2.33. The highest BCUT2D eigenvalue weighted by Crippen LogP contribution is 2.11. The second kappa shape index (κ2) is 5.65. The van der Waals surface area contributed by atoms with Gasteiger partial charge in [-0.05, 0) is 26.3 Å². The maximum Gasteiger partial charge on any atom is 0.0234 e. The van der Waals surface area contributed by atoms with Crippen molar-refractivity contribution >= 4 is 0 Å². The molecule has 0 aromatic heterocycles. The number of piperazine rings is 1. The lowest BCUT2D eigenvalue weighted by atomic mass is 10.1. The Morgan fingerprint density at radius 1 is 1.00 bits per heavy atom. The molecule has 2 heteroatoms. The van der Waals surface area contributed by atoms with E-state index in [1.165, 1.54) is 37.3 Å². The van der Waals surface area contributed by atoms with E-state index in [1.54, 1.807) is 0 Å². The molecule has 1 heterocycles. The fraction of sp³-hybridized carbons (Fsp3) is 0.600. The highest BCUT2D eigenvalue weighted by atomic mass is 15.3. The molecule has 1 aliphatic heterocycles. The van der Waals surface area contributed by atoms with Gasteiger partial charge in [-0.25, -0.2) is 0 Å². The molecule has 17 heavy (non-hydrogen) atoms.